The van der Waals surface area contributed by atoms with Crippen molar-refractivity contribution in [2.45, 2.75) is 71.7 Å². The number of hydrogen-bond donors (Lipinski definition) is 1. The Morgan fingerprint density at radius 3 is 2.46 bits per heavy atom. The number of rotatable bonds is 7. The molecule has 1 heterocycles. The molecule has 0 unspecified atom stereocenters. The van der Waals surface area contributed by atoms with E-state index in [9.17, 15) is 9.59 Å². The summed E-state index contributed by atoms with van der Waals surface area (Å²) >= 11 is 0. The summed E-state index contributed by atoms with van der Waals surface area (Å²) in [6.45, 7) is 9.29. The molecule has 2 rings (SSSR count). The van der Waals surface area contributed by atoms with Crippen molar-refractivity contribution in [3.8, 4) is 0 Å². The summed E-state index contributed by atoms with van der Waals surface area (Å²) in [5.41, 5.74) is 7.07. The van der Waals surface area contributed by atoms with Crippen molar-refractivity contribution in [2.24, 2.45) is 11.7 Å². The van der Waals surface area contributed by atoms with Crippen molar-refractivity contribution < 1.29 is 14.3 Å². The smallest absolute Gasteiger partial charge is 0.410 e. The van der Waals surface area contributed by atoms with Gasteiger partial charge in [-0.3, -0.25) is 4.79 Å². The van der Waals surface area contributed by atoms with Gasteiger partial charge in [0.2, 0.25) is 5.91 Å². The van der Waals surface area contributed by atoms with Gasteiger partial charge < -0.3 is 20.3 Å². The van der Waals surface area contributed by atoms with Gasteiger partial charge in [0.15, 0.2) is 0 Å². The van der Waals surface area contributed by atoms with Crippen LogP contribution in [0.15, 0.2) is 30.3 Å². The van der Waals surface area contributed by atoms with Gasteiger partial charge in [0.1, 0.15) is 6.61 Å². The zero-order valence-corrected chi connectivity index (χ0v) is 17.6. The molecule has 0 radical (unpaired) electrons. The summed E-state index contributed by atoms with van der Waals surface area (Å²) in [5.74, 6) is 0.0770. The highest BCUT2D eigenvalue weighted by molar-refractivity contribution is 5.82. The lowest BCUT2D eigenvalue weighted by Crippen LogP contribution is -2.56. The number of likely N-dealkylation sites (tertiary alicyclic amines) is 1. The molecule has 1 aliphatic heterocycles. The fourth-order valence-electron chi connectivity index (χ4n) is 3.48. The molecule has 0 aromatic heterocycles. The molecule has 28 heavy (non-hydrogen) atoms. The molecule has 0 spiro atoms. The van der Waals surface area contributed by atoms with Gasteiger partial charge >= 0.3 is 6.09 Å². The zero-order valence-electron chi connectivity index (χ0n) is 17.6. The Kier molecular flexibility index (Phi) is 8.30. The second-order valence-corrected chi connectivity index (χ2v) is 8.24. The number of piperidine rings is 1. The van der Waals surface area contributed by atoms with Gasteiger partial charge in [0.25, 0.3) is 0 Å². The van der Waals surface area contributed by atoms with E-state index in [4.69, 9.17) is 10.5 Å². The van der Waals surface area contributed by atoms with E-state index in [1.807, 2.05) is 62.9 Å². The minimum atomic E-state index is -0.502. The largest absolute Gasteiger partial charge is 0.445 e. The Bertz CT molecular complexity index is 633. The molecule has 2 atom stereocenters. The zero-order chi connectivity index (χ0) is 20.7. The predicted molar refractivity (Wildman–Crippen MR) is 111 cm³/mol. The molecule has 1 saturated heterocycles. The molecule has 6 nitrogen and oxygen atoms in total. The van der Waals surface area contributed by atoms with Gasteiger partial charge in [0, 0.05) is 25.2 Å². The van der Waals surface area contributed by atoms with Crippen molar-refractivity contribution >= 4 is 12.0 Å². The van der Waals surface area contributed by atoms with E-state index in [0.717, 1.165) is 24.8 Å². The Labute approximate surface area is 169 Å². The van der Waals surface area contributed by atoms with E-state index in [0.29, 0.717) is 13.1 Å². The summed E-state index contributed by atoms with van der Waals surface area (Å²) in [6.07, 6.45) is 2.57. The maximum Gasteiger partial charge on any atom is 0.410 e. The van der Waals surface area contributed by atoms with Crippen molar-refractivity contribution in [1.82, 2.24) is 9.80 Å². The second-order valence-electron chi connectivity index (χ2n) is 8.24. The summed E-state index contributed by atoms with van der Waals surface area (Å²) in [7, 11) is 0. The SMILES string of the molecule is CC(C)[C@H](N)C(=O)N1CCCC[C@H]1CN(C(=O)OCc1ccccc1)C(C)C. The van der Waals surface area contributed by atoms with E-state index in [2.05, 4.69) is 0 Å². The minimum absolute atomic E-state index is 0.0129. The van der Waals surface area contributed by atoms with E-state index >= 15 is 0 Å². The summed E-state index contributed by atoms with van der Waals surface area (Å²) in [5, 5.41) is 0. The first kappa shape index (κ1) is 22.2. The van der Waals surface area contributed by atoms with Crippen molar-refractivity contribution in [3.05, 3.63) is 35.9 Å². The number of amides is 2. The number of nitrogens with zero attached hydrogens (tertiary/aromatic N) is 2. The van der Waals surface area contributed by atoms with Crippen LogP contribution in [-0.2, 0) is 16.1 Å². The van der Waals surface area contributed by atoms with Crippen LogP contribution in [0.4, 0.5) is 4.79 Å². The fraction of sp³-hybridized carbons (Fsp3) is 0.636. The highest BCUT2D eigenvalue weighted by Gasteiger charge is 2.34. The first-order valence-corrected chi connectivity index (χ1v) is 10.3. The van der Waals surface area contributed by atoms with Gasteiger partial charge in [-0.1, -0.05) is 44.2 Å². The lowest BCUT2D eigenvalue weighted by atomic mass is 9.97. The number of hydrogen-bond acceptors (Lipinski definition) is 4. The van der Waals surface area contributed by atoms with E-state index < -0.39 is 6.04 Å². The Morgan fingerprint density at radius 1 is 1.18 bits per heavy atom. The van der Waals surface area contributed by atoms with Crippen LogP contribution >= 0.6 is 0 Å². The number of carbonyl (C=O) groups is 2. The fourth-order valence-corrected chi connectivity index (χ4v) is 3.48. The molecule has 1 aromatic carbocycles. The van der Waals surface area contributed by atoms with Gasteiger partial charge in [-0.15, -0.1) is 0 Å². The number of carbonyl (C=O) groups excluding carboxylic acids is 2. The van der Waals surface area contributed by atoms with Crippen molar-refractivity contribution in [2.75, 3.05) is 13.1 Å². The second kappa shape index (κ2) is 10.5. The molecule has 1 fully saturated rings. The third-order valence-electron chi connectivity index (χ3n) is 5.38. The van der Waals surface area contributed by atoms with Crippen LogP contribution in [0.2, 0.25) is 0 Å². The molecule has 1 aromatic rings. The van der Waals surface area contributed by atoms with Crippen LogP contribution in [0, 0.1) is 5.92 Å². The third-order valence-corrected chi connectivity index (χ3v) is 5.38. The number of ether oxygens (including phenoxy) is 1. The molecule has 0 bridgehead atoms. The standard InChI is InChI=1S/C22H35N3O3/c1-16(2)20(23)21(26)24-13-9-8-12-19(24)14-25(17(3)4)22(27)28-15-18-10-6-5-7-11-18/h5-7,10-11,16-17,19-20H,8-9,12-15,23H2,1-4H3/t19-,20-/m0/s1. The lowest BCUT2D eigenvalue weighted by molar-refractivity contribution is -0.137. The van der Waals surface area contributed by atoms with Crippen LogP contribution in [0.1, 0.15) is 52.5 Å². The predicted octanol–water partition coefficient (Wildman–Crippen LogP) is 3.40. The average Bonchev–Trinajstić information content (AvgIpc) is 2.69. The Balaban J connectivity index is 2.03. The molecule has 1 aliphatic rings. The molecular formula is C22H35N3O3. The summed E-state index contributed by atoms with van der Waals surface area (Å²) in [4.78, 5) is 29.2. The van der Waals surface area contributed by atoms with Crippen molar-refractivity contribution in [1.29, 1.82) is 0 Å². The molecule has 156 valence electrons. The monoisotopic (exact) mass is 389 g/mol. The van der Waals surface area contributed by atoms with Gasteiger partial charge in [-0.25, -0.2) is 4.79 Å². The van der Waals surface area contributed by atoms with Gasteiger partial charge in [-0.2, -0.15) is 0 Å². The van der Waals surface area contributed by atoms with E-state index in [1.165, 1.54) is 0 Å². The summed E-state index contributed by atoms with van der Waals surface area (Å²) in [6, 6.07) is 9.11. The van der Waals surface area contributed by atoms with E-state index in [-0.39, 0.29) is 36.6 Å². The lowest BCUT2D eigenvalue weighted by Gasteiger charge is -2.41. The van der Waals surface area contributed by atoms with Crippen LogP contribution < -0.4 is 5.73 Å². The first-order chi connectivity index (χ1) is 13.3. The Morgan fingerprint density at radius 2 is 1.86 bits per heavy atom. The molecule has 2 N–H and O–H groups in total. The molecule has 6 heteroatoms. The maximum absolute atomic E-state index is 12.8. The maximum atomic E-state index is 12.8. The highest BCUT2D eigenvalue weighted by atomic mass is 16.6. The first-order valence-electron chi connectivity index (χ1n) is 10.3. The van der Waals surface area contributed by atoms with Gasteiger partial charge in [-0.05, 0) is 44.6 Å². The highest BCUT2D eigenvalue weighted by Crippen LogP contribution is 2.21. The summed E-state index contributed by atoms with van der Waals surface area (Å²) < 4.78 is 5.53. The number of nitrogens with two attached hydrogens (primary N) is 1. The molecular weight excluding hydrogens is 354 g/mol. The quantitative estimate of drug-likeness (QED) is 0.775. The topological polar surface area (TPSA) is 75.9 Å². The minimum Gasteiger partial charge on any atom is -0.445 e. The van der Waals surface area contributed by atoms with Gasteiger partial charge in [0.05, 0.1) is 6.04 Å². The van der Waals surface area contributed by atoms with Crippen LogP contribution in [0.25, 0.3) is 0 Å². The third kappa shape index (κ3) is 5.96. The normalized spacial score (nSPS) is 18.2. The molecule has 0 saturated carbocycles. The molecule has 2 amide bonds. The van der Waals surface area contributed by atoms with Crippen LogP contribution in [-0.4, -0.2) is 53.0 Å². The Hall–Kier alpha value is -2.08. The number of benzene rings is 1. The van der Waals surface area contributed by atoms with Crippen molar-refractivity contribution in [3.63, 3.8) is 0 Å². The van der Waals surface area contributed by atoms with Crippen LogP contribution in [0.5, 0.6) is 0 Å². The average molecular weight is 390 g/mol. The van der Waals surface area contributed by atoms with Crippen LogP contribution in [0.3, 0.4) is 0 Å². The van der Waals surface area contributed by atoms with E-state index in [1.54, 1.807) is 4.90 Å². The molecule has 0 aliphatic carbocycles.